The average Bonchev–Trinajstić information content (AvgIpc) is 2.62. The van der Waals surface area contributed by atoms with Crippen LogP contribution in [0.4, 0.5) is 5.82 Å². The summed E-state index contributed by atoms with van der Waals surface area (Å²) >= 11 is 0. The molecule has 1 aromatic rings. The number of ether oxygens (including phenoxy) is 1. The van der Waals surface area contributed by atoms with Crippen molar-refractivity contribution in [2.75, 3.05) is 25.0 Å². The van der Waals surface area contributed by atoms with E-state index in [2.05, 4.69) is 20.8 Å². The number of rotatable bonds is 2. The van der Waals surface area contributed by atoms with Crippen molar-refractivity contribution in [3.8, 4) is 0 Å². The van der Waals surface area contributed by atoms with Crippen LogP contribution in [0.3, 0.4) is 0 Å². The maximum absolute atomic E-state index is 11.8. The predicted octanol–water partition coefficient (Wildman–Crippen LogP) is -0.0466. The van der Waals surface area contributed by atoms with Crippen molar-refractivity contribution in [1.82, 2.24) is 15.5 Å². The van der Waals surface area contributed by atoms with Crippen LogP contribution in [0.25, 0.3) is 0 Å². The van der Waals surface area contributed by atoms with E-state index in [1.165, 1.54) is 0 Å². The number of carbonyl (C=O) groups is 1. The SMILES string of the molecule is Cc1[nH]nc(NC(=O)C2CNCCO2)c1C. The summed E-state index contributed by atoms with van der Waals surface area (Å²) in [5, 5.41) is 12.7. The summed E-state index contributed by atoms with van der Waals surface area (Å²) in [7, 11) is 0. The van der Waals surface area contributed by atoms with Crippen molar-refractivity contribution in [2.24, 2.45) is 0 Å². The maximum atomic E-state index is 11.8. The Balaban J connectivity index is 1.98. The molecule has 1 saturated heterocycles. The molecule has 0 radical (unpaired) electrons. The summed E-state index contributed by atoms with van der Waals surface area (Å²) in [6, 6.07) is 0. The van der Waals surface area contributed by atoms with Crippen LogP contribution in [0, 0.1) is 13.8 Å². The molecule has 6 nitrogen and oxygen atoms in total. The Bertz CT molecular complexity index is 382. The first-order chi connectivity index (χ1) is 7.68. The highest BCUT2D eigenvalue weighted by Gasteiger charge is 2.22. The van der Waals surface area contributed by atoms with E-state index in [0.717, 1.165) is 17.8 Å². The third kappa shape index (κ3) is 2.23. The third-order valence-electron chi connectivity index (χ3n) is 2.71. The van der Waals surface area contributed by atoms with Gasteiger partial charge < -0.3 is 15.4 Å². The summed E-state index contributed by atoms with van der Waals surface area (Å²) in [6.45, 7) is 5.74. The van der Waals surface area contributed by atoms with E-state index in [4.69, 9.17) is 4.74 Å². The highest BCUT2D eigenvalue weighted by molar-refractivity contribution is 5.94. The molecule has 1 aliphatic rings. The molecule has 1 amide bonds. The van der Waals surface area contributed by atoms with Gasteiger partial charge >= 0.3 is 0 Å². The van der Waals surface area contributed by atoms with Gasteiger partial charge in [0.1, 0.15) is 6.10 Å². The number of nitrogens with one attached hydrogen (secondary N) is 3. The minimum Gasteiger partial charge on any atom is -0.366 e. The molecule has 1 aromatic heterocycles. The first-order valence-electron chi connectivity index (χ1n) is 5.33. The van der Waals surface area contributed by atoms with Crippen LogP contribution in [0.5, 0.6) is 0 Å². The Kier molecular flexibility index (Phi) is 3.21. The van der Waals surface area contributed by atoms with E-state index in [0.29, 0.717) is 19.0 Å². The van der Waals surface area contributed by atoms with E-state index in [1.807, 2.05) is 13.8 Å². The molecule has 16 heavy (non-hydrogen) atoms. The molecule has 0 aromatic carbocycles. The number of H-pyrrole nitrogens is 1. The number of nitrogens with zero attached hydrogens (tertiary/aromatic N) is 1. The Labute approximate surface area is 93.8 Å². The summed E-state index contributed by atoms with van der Waals surface area (Å²) in [4.78, 5) is 11.8. The Morgan fingerprint density at radius 3 is 2.94 bits per heavy atom. The van der Waals surface area contributed by atoms with E-state index in [9.17, 15) is 4.79 Å². The zero-order valence-corrected chi connectivity index (χ0v) is 9.46. The zero-order chi connectivity index (χ0) is 11.5. The molecule has 1 aliphatic heterocycles. The van der Waals surface area contributed by atoms with Crippen molar-refractivity contribution in [2.45, 2.75) is 20.0 Å². The van der Waals surface area contributed by atoms with Gasteiger partial charge in [0.05, 0.1) is 6.61 Å². The summed E-state index contributed by atoms with van der Waals surface area (Å²) < 4.78 is 5.35. The molecule has 1 fully saturated rings. The van der Waals surface area contributed by atoms with Gasteiger partial charge in [-0.25, -0.2) is 0 Å². The maximum Gasteiger partial charge on any atom is 0.256 e. The molecular weight excluding hydrogens is 208 g/mol. The lowest BCUT2D eigenvalue weighted by atomic mass is 10.2. The van der Waals surface area contributed by atoms with Gasteiger partial charge in [-0.1, -0.05) is 0 Å². The van der Waals surface area contributed by atoms with Crippen molar-refractivity contribution in [1.29, 1.82) is 0 Å². The van der Waals surface area contributed by atoms with Crippen LogP contribution in [0.15, 0.2) is 0 Å². The van der Waals surface area contributed by atoms with Gasteiger partial charge in [-0.2, -0.15) is 5.10 Å². The van der Waals surface area contributed by atoms with Crippen molar-refractivity contribution in [3.05, 3.63) is 11.3 Å². The van der Waals surface area contributed by atoms with Crippen molar-refractivity contribution >= 4 is 11.7 Å². The molecule has 3 N–H and O–H groups in total. The average molecular weight is 224 g/mol. The highest BCUT2D eigenvalue weighted by Crippen LogP contribution is 2.14. The monoisotopic (exact) mass is 224 g/mol. The van der Waals surface area contributed by atoms with Gasteiger partial charge in [-0.05, 0) is 13.8 Å². The van der Waals surface area contributed by atoms with Crippen LogP contribution in [-0.2, 0) is 9.53 Å². The van der Waals surface area contributed by atoms with Crippen LogP contribution >= 0.6 is 0 Å². The lowest BCUT2D eigenvalue weighted by Gasteiger charge is -2.22. The molecule has 1 atom stereocenters. The second-order valence-corrected chi connectivity index (χ2v) is 3.88. The molecule has 0 bridgehead atoms. The first kappa shape index (κ1) is 11.1. The Morgan fingerprint density at radius 2 is 2.38 bits per heavy atom. The lowest BCUT2D eigenvalue weighted by Crippen LogP contribution is -2.45. The minimum absolute atomic E-state index is 0.151. The molecule has 0 aliphatic carbocycles. The van der Waals surface area contributed by atoms with Crippen LogP contribution in [-0.4, -0.2) is 41.9 Å². The molecule has 88 valence electrons. The quantitative estimate of drug-likeness (QED) is 0.658. The number of carbonyl (C=O) groups excluding carboxylic acids is 1. The minimum atomic E-state index is -0.426. The molecule has 1 unspecified atom stereocenters. The van der Waals surface area contributed by atoms with Crippen molar-refractivity contribution in [3.63, 3.8) is 0 Å². The molecule has 0 saturated carbocycles. The number of amides is 1. The van der Waals surface area contributed by atoms with Gasteiger partial charge in [0.2, 0.25) is 0 Å². The number of aromatic amines is 1. The third-order valence-corrected chi connectivity index (χ3v) is 2.71. The number of hydrogen-bond donors (Lipinski definition) is 3. The van der Waals surface area contributed by atoms with Gasteiger partial charge in [-0.15, -0.1) is 0 Å². The second kappa shape index (κ2) is 4.63. The summed E-state index contributed by atoms with van der Waals surface area (Å²) in [5.74, 6) is 0.429. The highest BCUT2D eigenvalue weighted by atomic mass is 16.5. The van der Waals surface area contributed by atoms with E-state index in [1.54, 1.807) is 0 Å². The fourth-order valence-corrected chi connectivity index (χ4v) is 1.54. The normalized spacial score (nSPS) is 20.8. The van der Waals surface area contributed by atoms with E-state index in [-0.39, 0.29) is 5.91 Å². The fraction of sp³-hybridized carbons (Fsp3) is 0.600. The largest absolute Gasteiger partial charge is 0.366 e. The molecule has 2 heterocycles. The van der Waals surface area contributed by atoms with Gasteiger partial charge in [0.15, 0.2) is 5.82 Å². The van der Waals surface area contributed by atoms with Crippen LogP contribution in [0.1, 0.15) is 11.3 Å². The van der Waals surface area contributed by atoms with Gasteiger partial charge in [0, 0.05) is 24.3 Å². The number of aromatic nitrogens is 2. The first-order valence-corrected chi connectivity index (χ1v) is 5.33. The Morgan fingerprint density at radius 1 is 1.56 bits per heavy atom. The number of aryl methyl sites for hydroxylation is 1. The number of hydrogen-bond acceptors (Lipinski definition) is 4. The van der Waals surface area contributed by atoms with Gasteiger partial charge in [-0.3, -0.25) is 9.89 Å². The van der Waals surface area contributed by atoms with E-state index >= 15 is 0 Å². The topological polar surface area (TPSA) is 79.0 Å². The molecule has 6 heteroatoms. The smallest absolute Gasteiger partial charge is 0.256 e. The number of anilines is 1. The van der Waals surface area contributed by atoms with Crippen LogP contribution < -0.4 is 10.6 Å². The molecule has 2 rings (SSSR count). The molecule has 0 spiro atoms. The summed E-state index contributed by atoms with van der Waals surface area (Å²) in [5.41, 5.74) is 1.91. The Hall–Kier alpha value is -1.40. The van der Waals surface area contributed by atoms with Crippen LogP contribution in [0.2, 0.25) is 0 Å². The van der Waals surface area contributed by atoms with Crippen molar-refractivity contribution < 1.29 is 9.53 Å². The van der Waals surface area contributed by atoms with E-state index < -0.39 is 6.10 Å². The zero-order valence-electron chi connectivity index (χ0n) is 9.46. The lowest BCUT2D eigenvalue weighted by molar-refractivity contribution is -0.128. The number of morpholine rings is 1. The fourth-order valence-electron chi connectivity index (χ4n) is 1.54. The predicted molar refractivity (Wildman–Crippen MR) is 59.3 cm³/mol. The summed E-state index contributed by atoms with van der Waals surface area (Å²) in [6.07, 6.45) is -0.426. The van der Waals surface area contributed by atoms with Gasteiger partial charge in [0.25, 0.3) is 5.91 Å². The second-order valence-electron chi connectivity index (χ2n) is 3.88. The standard InChI is InChI=1S/C10H16N4O2/c1-6-7(2)13-14-9(6)12-10(15)8-5-11-3-4-16-8/h8,11H,3-5H2,1-2H3,(H2,12,13,14,15). The molecular formula is C10H16N4O2.